The Morgan fingerprint density at radius 3 is 2.42 bits per heavy atom. The van der Waals surface area contributed by atoms with Crippen LogP contribution in [0.25, 0.3) is 0 Å². The molecule has 2 N–H and O–H groups in total. The molecule has 0 aromatic carbocycles. The van der Waals surface area contributed by atoms with Crippen molar-refractivity contribution in [2.75, 3.05) is 5.75 Å². The van der Waals surface area contributed by atoms with Crippen LogP contribution in [0.2, 0.25) is 0 Å². The Morgan fingerprint density at radius 1 is 1.15 bits per heavy atom. The number of rotatable bonds is 3. The van der Waals surface area contributed by atoms with E-state index in [0.717, 1.165) is 32.1 Å². The Morgan fingerprint density at radius 2 is 1.81 bits per heavy atom. The largest absolute Gasteiger partial charge is 0.459 e. The lowest BCUT2D eigenvalue weighted by Crippen LogP contribution is -2.68. The normalized spacial score (nSPS) is 26.9. The lowest BCUT2D eigenvalue weighted by Gasteiger charge is -2.48. The van der Waals surface area contributed by atoms with Gasteiger partial charge >= 0.3 is 11.9 Å². The third-order valence-corrected chi connectivity index (χ3v) is 5.97. The molecule has 7 nitrogen and oxygen atoms in total. The van der Waals surface area contributed by atoms with Crippen LogP contribution in [0.4, 0.5) is 0 Å². The maximum Gasteiger partial charge on any atom is 0.356 e. The average molecular weight is 382 g/mol. The van der Waals surface area contributed by atoms with Crippen LogP contribution >= 0.6 is 11.8 Å². The first-order valence-electron chi connectivity index (χ1n) is 9.07. The van der Waals surface area contributed by atoms with E-state index < -0.39 is 23.6 Å². The van der Waals surface area contributed by atoms with E-state index in [1.807, 2.05) is 0 Å². The molecule has 0 aromatic heterocycles. The number of ether oxygens (including phenoxy) is 2. The van der Waals surface area contributed by atoms with Crippen LogP contribution in [0.15, 0.2) is 11.3 Å². The van der Waals surface area contributed by atoms with E-state index in [1.165, 1.54) is 16.7 Å². The Kier molecular flexibility index (Phi) is 5.35. The number of thioether (sulfide) groups is 1. The van der Waals surface area contributed by atoms with Gasteiger partial charge in [-0.1, -0.05) is 6.42 Å². The van der Waals surface area contributed by atoms with Crippen LogP contribution in [0, 0.1) is 0 Å². The third-order valence-electron chi connectivity index (χ3n) is 4.67. The molecule has 2 fully saturated rings. The number of carbonyl (C=O) groups excluding carboxylic acids is 3. The van der Waals surface area contributed by atoms with Crippen molar-refractivity contribution in [3.63, 3.8) is 0 Å². The summed E-state index contributed by atoms with van der Waals surface area (Å²) in [5.74, 6) is -1.30. The fraction of sp³-hybridized carbons (Fsp3) is 0.722. The molecule has 0 radical (unpaired) electrons. The molecule has 1 saturated carbocycles. The van der Waals surface area contributed by atoms with Gasteiger partial charge in [-0.3, -0.25) is 9.69 Å². The lowest BCUT2D eigenvalue weighted by molar-refractivity contribution is -0.159. The highest BCUT2D eigenvalue weighted by Gasteiger charge is 2.53. The SMILES string of the molecule is CC(C)(C)OC(=O)C1=C(C(=O)OC2CCCCC2)CS[C@@H]2C(N)C(=O)N12. The molecule has 0 bridgehead atoms. The first-order chi connectivity index (χ1) is 12.2. The molecule has 0 spiro atoms. The van der Waals surface area contributed by atoms with Crippen molar-refractivity contribution in [3.05, 3.63) is 11.3 Å². The molecule has 2 heterocycles. The number of nitrogens with two attached hydrogens (primary N) is 1. The second kappa shape index (κ2) is 7.23. The maximum absolute atomic E-state index is 12.7. The minimum atomic E-state index is -0.738. The van der Waals surface area contributed by atoms with Crippen molar-refractivity contribution in [1.29, 1.82) is 0 Å². The smallest absolute Gasteiger partial charge is 0.356 e. The highest BCUT2D eigenvalue weighted by Crippen LogP contribution is 2.40. The minimum absolute atomic E-state index is 0.00353. The minimum Gasteiger partial charge on any atom is -0.459 e. The number of β-lactam (4-membered cyclic amide) rings is 1. The van der Waals surface area contributed by atoms with Crippen LogP contribution in [0.5, 0.6) is 0 Å². The molecule has 1 aliphatic carbocycles. The van der Waals surface area contributed by atoms with Crippen molar-refractivity contribution >= 4 is 29.6 Å². The monoisotopic (exact) mass is 382 g/mol. The fourth-order valence-electron chi connectivity index (χ4n) is 3.39. The summed E-state index contributed by atoms with van der Waals surface area (Å²) in [4.78, 5) is 39.0. The molecular formula is C18H26N2O5S. The van der Waals surface area contributed by atoms with Gasteiger partial charge in [0.25, 0.3) is 0 Å². The first-order valence-corrected chi connectivity index (χ1v) is 10.1. The second-order valence-electron chi connectivity index (χ2n) is 7.93. The van der Waals surface area contributed by atoms with Crippen LogP contribution < -0.4 is 5.73 Å². The summed E-state index contributed by atoms with van der Waals surface area (Å²) >= 11 is 1.38. The Labute approximate surface area is 157 Å². The van der Waals surface area contributed by atoms with E-state index in [2.05, 4.69) is 0 Å². The molecule has 2 aliphatic heterocycles. The van der Waals surface area contributed by atoms with Gasteiger partial charge in [-0.15, -0.1) is 11.8 Å². The molecule has 0 aromatic rings. The molecule has 3 rings (SSSR count). The van der Waals surface area contributed by atoms with Gasteiger partial charge in [0.1, 0.15) is 28.8 Å². The summed E-state index contributed by atoms with van der Waals surface area (Å²) in [6.07, 6.45) is 4.77. The number of hydrogen-bond acceptors (Lipinski definition) is 7. The molecule has 26 heavy (non-hydrogen) atoms. The van der Waals surface area contributed by atoms with Gasteiger partial charge in [0.2, 0.25) is 5.91 Å². The van der Waals surface area contributed by atoms with Gasteiger partial charge in [-0.05, 0) is 46.5 Å². The molecule has 3 aliphatic rings. The van der Waals surface area contributed by atoms with Gasteiger partial charge in [0.15, 0.2) is 0 Å². The van der Waals surface area contributed by atoms with Crippen molar-refractivity contribution in [2.45, 2.75) is 76.0 Å². The van der Waals surface area contributed by atoms with E-state index in [9.17, 15) is 14.4 Å². The highest BCUT2D eigenvalue weighted by atomic mass is 32.2. The topological polar surface area (TPSA) is 98.9 Å². The van der Waals surface area contributed by atoms with Gasteiger partial charge in [0.05, 0.1) is 5.57 Å². The van der Waals surface area contributed by atoms with Crippen molar-refractivity contribution in [1.82, 2.24) is 4.90 Å². The summed E-state index contributed by atoms with van der Waals surface area (Å²) in [6, 6.07) is -0.659. The molecule has 1 saturated heterocycles. The van der Waals surface area contributed by atoms with E-state index in [4.69, 9.17) is 15.2 Å². The Bertz CT molecular complexity index is 648. The summed E-state index contributed by atoms with van der Waals surface area (Å²) in [5, 5.41) is -0.337. The first kappa shape index (κ1) is 19.2. The van der Waals surface area contributed by atoms with Crippen LogP contribution in [0.3, 0.4) is 0 Å². The van der Waals surface area contributed by atoms with E-state index in [-0.39, 0.29) is 34.4 Å². The molecule has 1 unspecified atom stereocenters. The van der Waals surface area contributed by atoms with E-state index >= 15 is 0 Å². The zero-order valence-corrected chi connectivity index (χ0v) is 16.3. The summed E-state index contributed by atoms with van der Waals surface area (Å²) in [7, 11) is 0. The second-order valence-corrected chi connectivity index (χ2v) is 9.03. The number of esters is 2. The summed E-state index contributed by atoms with van der Waals surface area (Å²) in [5.41, 5.74) is 5.29. The van der Waals surface area contributed by atoms with Crippen molar-refractivity contribution in [3.8, 4) is 0 Å². The number of hydrogen-bond donors (Lipinski definition) is 1. The Hall–Kier alpha value is -1.54. The van der Waals surface area contributed by atoms with Gasteiger partial charge in [0, 0.05) is 5.75 Å². The quantitative estimate of drug-likeness (QED) is 0.586. The maximum atomic E-state index is 12.7. The van der Waals surface area contributed by atoms with Crippen LogP contribution in [0.1, 0.15) is 52.9 Å². The summed E-state index contributed by atoms with van der Waals surface area (Å²) in [6.45, 7) is 5.22. The van der Waals surface area contributed by atoms with Gasteiger partial charge in [-0.25, -0.2) is 9.59 Å². The van der Waals surface area contributed by atoms with Crippen LogP contribution in [-0.4, -0.2) is 51.6 Å². The highest BCUT2D eigenvalue weighted by molar-refractivity contribution is 8.00. The number of fused-ring (bicyclic) bond motifs is 1. The number of amides is 1. The number of nitrogens with zero attached hydrogens (tertiary/aromatic N) is 1. The standard InChI is InChI=1S/C18H26N2O5S/c1-18(2,3)25-17(23)13-11(9-26-15-12(19)14(21)20(13)15)16(22)24-10-7-5-4-6-8-10/h10,12,15H,4-9,19H2,1-3H3/t12?,15-/m1/s1. The molecule has 2 atom stereocenters. The average Bonchev–Trinajstić information content (AvgIpc) is 2.59. The fourth-order valence-corrected chi connectivity index (χ4v) is 4.67. The third kappa shape index (κ3) is 3.76. The Balaban J connectivity index is 1.87. The van der Waals surface area contributed by atoms with Gasteiger partial charge in [-0.2, -0.15) is 0 Å². The van der Waals surface area contributed by atoms with Crippen molar-refractivity contribution < 1.29 is 23.9 Å². The summed E-state index contributed by atoms with van der Waals surface area (Å²) < 4.78 is 11.1. The zero-order chi connectivity index (χ0) is 19.1. The van der Waals surface area contributed by atoms with E-state index in [0.29, 0.717) is 0 Å². The number of carbonyl (C=O) groups is 3. The lowest BCUT2D eigenvalue weighted by atomic mass is 9.97. The molecular weight excluding hydrogens is 356 g/mol. The predicted molar refractivity (Wildman–Crippen MR) is 96.9 cm³/mol. The predicted octanol–water partition coefficient (Wildman–Crippen LogP) is 1.70. The molecule has 144 valence electrons. The molecule has 8 heteroatoms. The zero-order valence-electron chi connectivity index (χ0n) is 15.4. The van der Waals surface area contributed by atoms with E-state index in [1.54, 1.807) is 20.8 Å². The molecule has 1 amide bonds. The van der Waals surface area contributed by atoms with Gasteiger partial charge < -0.3 is 15.2 Å². The van der Waals surface area contributed by atoms with Crippen molar-refractivity contribution in [2.24, 2.45) is 5.73 Å². The van der Waals surface area contributed by atoms with Crippen LogP contribution in [-0.2, 0) is 23.9 Å².